The second kappa shape index (κ2) is 5.65. The summed E-state index contributed by atoms with van der Waals surface area (Å²) in [4.78, 5) is 15.1. The van der Waals surface area contributed by atoms with E-state index in [0.717, 1.165) is 6.54 Å². The fraction of sp³-hybridized carbons (Fsp3) is 0.615. The standard InChI is InChI=1S/C13H22N2OS/c1-10-6-7-17-11(10)8-15(5)9-12(16)14-13(2,3)4/h6-7H,8-9H2,1-5H3,(H,14,16). The summed E-state index contributed by atoms with van der Waals surface area (Å²) in [7, 11) is 1.97. The molecule has 0 spiro atoms. The molecule has 1 aromatic rings. The molecule has 1 N–H and O–H groups in total. The summed E-state index contributed by atoms with van der Waals surface area (Å²) in [5.41, 5.74) is 1.15. The zero-order valence-electron chi connectivity index (χ0n) is 11.3. The van der Waals surface area contributed by atoms with E-state index in [9.17, 15) is 4.79 Å². The van der Waals surface area contributed by atoms with Crippen molar-refractivity contribution >= 4 is 17.2 Å². The average molecular weight is 254 g/mol. The molecule has 0 saturated carbocycles. The lowest BCUT2D eigenvalue weighted by Gasteiger charge is -2.23. The van der Waals surface area contributed by atoms with Crippen molar-refractivity contribution in [1.82, 2.24) is 10.2 Å². The molecule has 0 aliphatic carbocycles. The molecule has 0 aromatic carbocycles. The summed E-state index contributed by atoms with van der Waals surface area (Å²) in [6.45, 7) is 9.36. The Hall–Kier alpha value is -0.870. The summed E-state index contributed by atoms with van der Waals surface area (Å²) in [5, 5.41) is 5.06. The van der Waals surface area contributed by atoms with Crippen LogP contribution in [0.5, 0.6) is 0 Å². The molecule has 0 aliphatic heterocycles. The molecular formula is C13H22N2OS. The van der Waals surface area contributed by atoms with Gasteiger partial charge in [0.1, 0.15) is 0 Å². The molecule has 1 heterocycles. The summed E-state index contributed by atoms with van der Waals surface area (Å²) in [5.74, 6) is 0.0780. The predicted octanol–water partition coefficient (Wildman–Crippen LogP) is 2.40. The number of rotatable bonds is 4. The Labute approximate surface area is 108 Å². The van der Waals surface area contributed by atoms with Crippen LogP contribution in [0, 0.1) is 6.92 Å². The maximum Gasteiger partial charge on any atom is 0.234 e. The van der Waals surface area contributed by atoms with Gasteiger partial charge in [-0.15, -0.1) is 11.3 Å². The molecule has 0 aliphatic rings. The first-order valence-corrected chi connectivity index (χ1v) is 6.68. The topological polar surface area (TPSA) is 32.3 Å². The maximum absolute atomic E-state index is 11.7. The highest BCUT2D eigenvalue weighted by molar-refractivity contribution is 7.10. The van der Waals surface area contributed by atoms with Gasteiger partial charge < -0.3 is 5.32 Å². The number of nitrogens with one attached hydrogen (secondary N) is 1. The number of hydrogen-bond donors (Lipinski definition) is 1. The lowest BCUT2D eigenvalue weighted by Crippen LogP contribution is -2.45. The van der Waals surface area contributed by atoms with Gasteiger partial charge in [-0.05, 0) is 51.8 Å². The van der Waals surface area contributed by atoms with Crippen molar-refractivity contribution in [3.05, 3.63) is 21.9 Å². The normalized spacial score (nSPS) is 11.9. The third kappa shape index (κ3) is 5.33. The van der Waals surface area contributed by atoms with E-state index < -0.39 is 0 Å². The highest BCUT2D eigenvalue weighted by Gasteiger charge is 2.15. The largest absolute Gasteiger partial charge is 0.350 e. The zero-order valence-corrected chi connectivity index (χ0v) is 12.1. The number of likely N-dealkylation sites (N-methyl/N-ethyl adjacent to an activating group) is 1. The first-order valence-electron chi connectivity index (χ1n) is 5.80. The third-order valence-corrected chi connectivity index (χ3v) is 3.32. The van der Waals surface area contributed by atoms with Crippen LogP contribution in [0.1, 0.15) is 31.2 Å². The van der Waals surface area contributed by atoms with E-state index in [-0.39, 0.29) is 11.4 Å². The maximum atomic E-state index is 11.7. The number of carbonyl (C=O) groups is 1. The van der Waals surface area contributed by atoms with E-state index in [0.29, 0.717) is 6.54 Å². The quantitative estimate of drug-likeness (QED) is 0.895. The van der Waals surface area contributed by atoms with Gasteiger partial charge in [0.2, 0.25) is 5.91 Å². The van der Waals surface area contributed by atoms with Gasteiger partial charge in [-0.1, -0.05) is 0 Å². The smallest absolute Gasteiger partial charge is 0.234 e. The first-order chi connectivity index (χ1) is 7.78. The minimum absolute atomic E-state index is 0.0780. The van der Waals surface area contributed by atoms with Crippen LogP contribution in [0.3, 0.4) is 0 Å². The van der Waals surface area contributed by atoms with E-state index in [1.807, 2.05) is 32.7 Å². The summed E-state index contributed by atoms with van der Waals surface area (Å²) >= 11 is 1.74. The van der Waals surface area contributed by atoms with Crippen LogP contribution in [-0.2, 0) is 11.3 Å². The highest BCUT2D eigenvalue weighted by Crippen LogP contribution is 2.16. The van der Waals surface area contributed by atoms with E-state index in [1.54, 1.807) is 11.3 Å². The predicted molar refractivity (Wildman–Crippen MR) is 73.3 cm³/mol. The molecule has 3 nitrogen and oxygen atoms in total. The van der Waals surface area contributed by atoms with Crippen LogP contribution in [0.15, 0.2) is 11.4 Å². The Balaban J connectivity index is 2.42. The molecule has 4 heteroatoms. The molecule has 0 unspecified atom stereocenters. The average Bonchev–Trinajstić information content (AvgIpc) is 2.47. The van der Waals surface area contributed by atoms with Gasteiger partial charge in [0.05, 0.1) is 6.54 Å². The molecule has 1 aromatic heterocycles. The molecule has 0 saturated heterocycles. The summed E-state index contributed by atoms with van der Waals surface area (Å²) in [6.07, 6.45) is 0. The Morgan fingerprint density at radius 2 is 2.12 bits per heavy atom. The third-order valence-electron chi connectivity index (χ3n) is 2.31. The monoisotopic (exact) mass is 254 g/mol. The van der Waals surface area contributed by atoms with Gasteiger partial charge in [-0.25, -0.2) is 0 Å². The lowest BCUT2D eigenvalue weighted by atomic mass is 10.1. The van der Waals surface area contributed by atoms with Crippen molar-refractivity contribution in [2.45, 2.75) is 39.8 Å². The Bertz CT molecular complexity index is 379. The van der Waals surface area contributed by atoms with Crippen LogP contribution in [0.4, 0.5) is 0 Å². The van der Waals surface area contributed by atoms with Crippen molar-refractivity contribution in [3.63, 3.8) is 0 Å². The van der Waals surface area contributed by atoms with Gasteiger partial charge in [0, 0.05) is 17.0 Å². The van der Waals surface area contributed by atoms with Gasteiger partial charge in [0.15, 0.2) is 0 Å². The number of thiophene rings is 1. The van der Waals surface area contributed by atoms with Gasteiger partial charge in [0.25, 0.3) is 0 Å². The summed E-state index contributed by atoms with van der Waals surface area (Å²) in [6, 6.07) is 2.11. The molecule has 17 heavy (non-hydrogen) atoms. The fourth-order valence-electron chi connectivity index (χ4n) is 1.57. The minimum atomic E-state index is -0.156. The number of nitrogens with zero attached hydrogens (tertiary/aromatic N) is 1. The Morgan fingerprint density at radius 1 is 1.47 bits per heavy atom. The molecule has 0 radical (unpaired) electrons. The van der Waals surface area contributed by atoms with Crippen LogP contribution < -0.4 is 5.32 Å². The molecule has 96 valence electrons. The van der Waals surface area contributed by atoms with Crippen molar-refractivity contribution in [2.75, 3.05) is 13.6 Å². The number of hydrogen-bond acceptors (Lipinski definition) is 3. The molecule has 0 atom stereocenters. The SMILES string of the molecule is Cc1ccsc1CN(C)CC(=O)NC(C)(C)C. The Morgan fingerprint density at radius 3 is 2.59 bits per heavy atom. The summed E-state index contributed by atoms with van der Waals surface area (Å²) < 4.78 is 0. The number of amides is 1. The fourth-order valence-corrected chi connectivity index (χ4v) is 2.56. The first kappa shape index (κ1) is 14.2. The van der Waals surface area contributed by atoms with Crippen LogP contribution >= 0.6 is 11.3 Å². The van der Waals surface area contributed by atoms with Gasteiger partial charge in [-0.2, -0.15) is 0 Å². The van der Waals surface area contributed by atoms with Crippen molar-refractivity contribution in [1.29, 1.82) is 0 Å². The Kier molecular flexibility index (Phi) is 4.71. The number of aryl methyl sites for hydroxylation is 1. The van der Waals surface area contributed by atoms with E-state index >= 15 is 0 Å². The highest BCUT2D eigenvalue weighted by atomic mass is 32.1. The second-order valence-corrected chi connectivity index (χ2v) is 6.50. The molecule has 0 bridgehead atoms. The van der Waals surface area contributed by atoms with E-state index in [4.69, 9.17) is 0 Å². The van der Waals surface area contributed by atoms with Crippen molar-refractivity contribution < 1.29 is 4.79 Å². The van der Waals surface area contributed by atoms with Gasteiger partial charge >= 0.3 is 0 Å². The van der Waals surface area contributed by atoms with Crippen molar-refractivity contribution in [3.8, 4) is 0 Å². The van der Waals surface area contributed by atoms with Crippen molar-refractivity contribution in [2.24, 2.45) is 0 Å². The van der Waals surface area contributed by atoms with Crippen LogP contribution in [0.25, 0.3) is 0 Å². The van der Waals surface area contributed by atoms with E-state index in [1.165, 1.54) is 10.4 Å². The van der Waals surface area contributed by atoms with E-state index in [2.05, 4.69) is 23.7 Å². The minimum Gasteiger partial charge on any atom is -0.350 e. The molecule has 0 fully saturated rings. The van der Waals surface area contributed by atoms with Crippen LogP contribution in [-0.4, -0.2) is 29.9 Å². The lowest BCUT2D eigenvalue weighted by molar-refractivity contribution is -0.123. The molecule has 1 rings (SSSR count). The van der Waals surface area contributed by atoms with Crippen LogP contribution in [0.2, 0.25) is 0 Å². The molecule has 1 amide bonds. The molecular weight excluding hydrogens is 232 g/mol. The number of carbonyl (C=O) groups excluding carboxylic acids is 1. The van der Waals surface area contributed by atoms with Gasteiger partial charge in [-0.3, -0.25) is 9.69 Å². The second-order valence-electron chi connectivity index (χ2n) is 5.50. The zero-order chi connectivity index (χ0) is 13.1.